The van der Waals surface area contributed by atoms with Crippen molar-refractivity contribution in [2.75, 3.05) is 36.1 Å². The zero-order valence-corrected chi connectivity index (χ0v) is 13.9. The Balaban J connectivity index is 1.50. The summed E-state index contributed by atoms with van der Waals surface area (Å²) in [6.45, 7) is 1.01. The Morgan fingerprint density at radius 3 is 2.38 bits per heavy atom. The lowest BCUT2D eigenvalue weighted by atomic mass is 10.1. The summed E-state index contributed by atoms with van der Waals surface area (Å²) < 4.78 is 9.96. The summed E-state index contributed by atoms with van der Waals surface area (Å²) in [7, 11) is 0. The Morgan fingerprint density at radius 2 is 1.81 bits per heavy atom. The number of ether oxygens (including phenoxy) is 2. The summed E-state index contributed by atoms with van der Waals surface area (Å²) in [4.78, 5) is 30.7. The Hall–Kier alpha value is -3.13. The average molecular weight is 355 g/mol. The van der Waals surface area contributed by atoms with Crippen LogP contribution in [0.15, 0.2) is 42.6 Å². The third-order valence-electron chi connectivity index (χ3n) is 4.38. The minimum atomic E-state index is -0.490. The van der Waals surface area contributed by atoms with Crippen LogP contribution in [0, 0.1) is 0 Å². The van der Waals surface area contributed by atoms with Gasteiger partial charge in [-0.2, -0.15) is 0 Å². The van der Waals surface area contributed by atoms with Gasteiger partial charge in [0.05, 0.1) is 19.7 Å². The number of aromatic nitrogens is 1. The molecule has 2 aromatic rings. The lowest BCUT2D eigenvalue weighted by Crippen LogP contribution is -2.25. The van der Waals surface area contributed by atoms with Crippen molar-refractivity contribution in [3.63, 3.8) is 0 Å². The van der Waals surface area contributed by atoms with E-state index in [1.807, 2.05) is 30.3 Å². The molecule has 0 aliphatic carbocycles. The van der Waals surface area contributed by atoms with Crippen LogP contribution in [0.2, 0.25) is 0 Å². The van der Waals surface area contributed by atoms with Gasteiger partial charge in [0.15, 0.2) is 0 Å². The monoisotopic (exact) mass is 355 g/mol. The van der Waals surface area contributed by atoms with Gasteiger partial charge in [0, 0.05) is 17.4 Å². The van der Waals surface area contributed by atoms with Crippen LogP contribution in [0.25, 0.3) is 11.1 Å². The normalized spacial score (nSPS) is 19.7. The number of rotatable bonds is 4. The molecule has 0 bridgehead atoms. The van der Waals surface area contributed by atoms with Gasteiger partial charge < -0.3 is 14.6 Å². The van der Waals surface area contributed by atoms with Gasteiger partial charge in [0.1, 0.15) is 18.5 Å². The van der Waals surface area contributed by atoms with E-state index in [-0.39, 0.29) is 12.7 Å². The molecule has 8 heteroatoms. The largest absolute Gasteiger partial charge is 0.447 e. The predicted octanol–water partition coefficient (Wildman–Crippen LogP) is 2.02. The van der Waals surface area contributed by atoms with Crippen molar-refractivity contribution in [2.45, 2.75) is 6.10 Å². The molecule has 2 fully saturated rings. The molecule has 2 saturated heterocycles. The van der Waals surface area contributed by atoms with Crippen LogP contribution >= 0.6 is 0 Å². The number of anilines is 2. The molecule has 0 saturated carbocycles. The number of aliphatic hydroxyl groups is 1. The van der Waals surface area contributed by atoms with Crippen LogP contribution in [0.3, 0.4) is 0 Å². The molecule has 2 amide bonds. The second-order valence-corrected chi connectivity index (χ2v) is 6.02. The number of amides is 2. The summed E-state index contributed by atoms with van der Waals surface area (Å²) in [6.07, 6.45) is 0.367. The average Bonchev–Trinajstić information content (AvgIpc) is 3.27. The van der Waals surface area contributed by atoms with E-state index in [0.717, 1.165) is 11.1 Å². The number of carbonyl (C=O) groups excluding carboxylic acids is 2. The maximum absolute atomic E-state index is 11.8. The molecule has 26 heavy (non-hydrogen) atoms. The highest BCUT2D eigenvalue weighted by molar-refractivity contribution is 5.90. The number of carbonyl (C=O) groups is 2. The number of nitrogens with zero attached hydrogens (tertiary/aromatic N) is 3. The van der Waals surface area contributed by atoms with E-state index in [4.69, 9.17) is 14.6 Å². The molecule has 8 nitrogen and oxygen atoms in total. The van der Waals surface area contributed by atoms with Crippen LogP contribution < -0.4 is 9.80 Å². The summed E-state index contributed by atoms with van der Waals surface area (Å²) in [6, 6.07) is 11.1. The Bertz CT molecular complexity index is 822. The van der Waals surface area contributed by atoms with E-state index in [0.29, 0.717) is 31.2 Å². The second kappa shape index (κ2) is 6.64. The van der Waals surface area contributed by atoms with Crippen molar-refractivity contribution in [1.29, 1.82) is 0 Å². The van der Waals surface area contributed by atoms with E-state index < -0.39 is 12.2 Å². The van der Waals surface area contributed by atoms with Gasteiger partial charge in [0.25, 0.3) is 0 Å². The van der Waals surface area contributed by atoms with Gasteiger partial charge >= 0.3 is 12.2 Å². The van der Waals surface area contributed by atoms with Crippen molar-refractivity contribution < 1.29 is 24.2 Å². The molecule has 4 rings (SSSR count). The van der Waals surface area contributed by atoms with E-state index >= 15 is 0 Å². The number of cyclic esters (lactones) is 2. The first-order valence-electron chi connectivity index (χ1n) is 8.25. The highest BCUT2D eigenvalue weighted by Crippen LogP contribution is 2.27. The molecule has 2 aliphatic heterocycles. The Labute approximate surface area is 149 Å². The molecular formula is C18H17N3O5. The van der Waals surface area contributed by atoms with Gasteiger partial charge in [-0.25, -0.2) is 14.6 Å². The van der Waals surface area contributed by atoms with E-state index in [1.165, 1.54) is 9.80 Å². The fraction of sp³-hybridized carbons (Fsp3) is 0.278. The first kappa shape index (κ1) is 16.3. The molecule has 1 unspecified atom stereocenters. The van der Waals surface area contributed by atoms with Gasteiger partial charge in [-0.15, -0.1) is 0 Å². The maximum Gasteiger partial charge on any atom is 0.415 e. The minimum absolute atomic E-state index is 0.192. The number of aliphatic hydroxyl groups excluding tert-OH is 1. The van der Waals surface area contributed by atoms with Crippen molar-refractivity contribution in [2.24, 2.45) is 0 Å². The number of hydrogen-bond acceptors (Lipinski definition) is 6. The van der Waals surface area contributed by atoms with E-state index in [1.54, 1.807) is 12.3 Å². The lowest BCUT2D eigenvalue weighted by Gasteiger charge is -2.14. The zero-order valence-electron chi connectivity index (χ0n) is 13.9. The second-order valence-electron chi connectivity index (χ2n) is 6.02. The van der Waals surface area contributed by atoms with Crippen LogP contribution in [0.4, 0.5) is 21.1 Å². The standard InChI is InChI=1S/C18H17N3O5/c22-11-15-10-21(18(24)26-15)14-4-1-12(2-5-14)13-3-6-16(19-9-13)20-7-8-25-17(20)23/h1-6,9,15,22H,7-8,10-11H2. The first-order valence-corrected chi connectivity index (χ1v) is 8.25. The molecule has 0 radical (unpaired) electrons. The third kappa shape index (κ3) is 2.95. The highest BCUT2D eigenvalue weighted by Gasteiger charge is 2.31. The van der Waals surface area contributed by atoms with Crippen molar-refractivity contribution in [3.05, 3.63) is 42.6 Å². The molecule has 3 heterocycles. The topological polar surface area (TPSA) is 92.2 Å². The zero-order chi connectivity index (χ0) is 18.1. The predicted molar refractivity (Wildman–Crippen MR) is 93.1 cm³/mol. The smallest absolute Gasteiger partial charge is 0.415 e. The molecule has 2 aliphatic rings. The number of benzene rings is 1. The van der Waals surface area contributed by atoms with Gasteiger partial charge in [-0.05, 0) is 29.8 Å². The first-order chi connectivity index (χ1) is 12.7. The van der Waals surface area contributed by atoms with Gasteiger partial charge in [-0.1, -0.05) is 12.1 Å². The number of hydrogen-bond donors (Lipinski definition) is 1. The quantitative estimate of drug-likeness (QED) is 0.902. The summed E-state index contributed by atoms with van der Waals surface area (Å²) >= 11 is 0. The van der Waals surface area contributed by atoms with Crippen LogP contribution in [0.1, 0.15) is 0 Å². The molecule has 1 atom stereocenters. The molecule has 1 N–H and O–H groups in total. The molecular weight excluding hydrogens is 338 g/mol. The summed E-state index contributed by atoms with van der Waals surface area (Å²) in [5.41, 5.74) is 2.53. The van der Waals surface area contributed by atoms with Crippen LogP contribution in [0.5, 0.6) is 0 Å². The third-order valence-corrected chi connectivity index (χ3v) is 4.38. The van der Waals surface area contributed by atoms with Crippen LogP contribution in [-0.4, -0.2) is 54.7 Å². The molecule has 0 spiro atoms. The fourth-order valence-electron chi connectivity index (χ4n) is 2.98. The SMILES string of the molecule is O=C1OC(CO)CN1c1ccc(-c2ccc(N3CCOC3=O)nc2)cc1. The molecule has 134 valence electrons. The fourth-order valence-corrected chi connectivity index (χ4v) is 2.98. The van der Waals surface area contributed by atoms with Gasteiger partial charge in [0.2, 0.25) is 0 Å². The maximum atomic E-state index is 11.8. The van der Waals surface area contributed by atoms with Gasteiger partial charge in [-0.3, -0.25) is 9.80 Å². The van der Waals surface area contributed by atoms with Crippen molar-refractivity contribution in [3.8, 4) is 11.1 Å². The van der Waals surface area contributed by atoms with E-state index in [9.17, 15) is 9.59 Å². The lowest BCUT2D eigenvalue weighted by molar-refractivity contribution is 0.0963. The highest BCUT2D eigenvalue weighted by atomic mass is 16.6. The van der Waals surface area contributed by atoms with Crippen molar-refractivity contribution >= 4 is 23.7 Å². The van der Waals surface area contributed by atoms with Crippen molar-refractivity contribution in [1.82, 2.24) is 4.98 Å². The Morgan fingerprint density at radius 1 is 1.04 bits per heavy atom. The summed E-state index contributed by atoms with van der Waals surface area (Å²) in [5, 5.41) is 9.12. The van der Waals surface area contributed by atoms with Crippen LogP contribution in [-0.2, 0) is 9.47 Å². The Kier molecular flexibility index (Phi) is 4.18. The minimum Gasteiger partial charge on any atom is -0.447 e. The molecule has 1 aromatic heterocycles. The summed E-state index contributed by atoms with van der Waals surface area (Å²) in [5.74, 6) is 0.558. The molecule has 1 aromatic carbocycles. The number of pyridine rings is 1. The van der Waals surface area contributed by atoms with E-state index in [2.05, 4.69) is 4.98 Å².